The summed E-state index contributed by atoms with van der Waals surface area (Å²) in [5.41, 5.74) is -0.611. The van der Waals surface area contributed by atoms with E-state index >= 15 is 0 Å². The summed E-state index contributed by atoms with van der Waals surface area (Å²) < 4.78 is 22.6. The first-order valence-corrected chi connectivity index (χ1v) is 7.31. The summed E-state index contributed by atoms with van der Waals surface area (Å²) in [5, 5.41) is 5.45. The van der Waals surface area contributed by atoms with Crippen molar-refractivity contribution in [1.29, 1.82) is 0 Å². The first-order chi connectivity index (χ1) is 7.22. The number of rotatable bonds is 3. The lowest BCUT2D eigenvalue weighted by Crippen LogP contribution is -2.51. The van der Waals surface area contributed by atoms with E-state index in [0.717, 1.165) is 0 Å². The standard InChI is InChI=1S/C10H20N2O3S/c1-8(2)6-11-9(13)12-10(3)4-5-16(14,15)7-10/h8H,4-7H2,1-3H3,(H2,11,12,13). The van der Waals surface area contributed by atoms with E-state index in [1.165, 1.54) is 0 Å². The minimum absolute atomic E-state index is 0.0368. The Morgan fingerprint density at radius 3 is 2.50 bits per heavy atom. The van der Waals surface area contributed by atoms with Crippen LogP contribution in [0.5, 0.6) is 0 Å². The van der Waals surface area contributed by atoms with E-state index in [2.05, 4.69) is 10.6 Å². The fourth-order valence-electron chi connectivity index (χ4n) is 1.72. The Morgan fingerprint density at radius 2 is 2.06 bits per heavy atom. The second kappa shape index (κ2) is 4.61. The zero-order valence-electron chi connectivity index (χ0n) is 10.0. The molecule has 1 unspecified atom stereocenters. The highest BCUT2D eigenvalue weighted by Gasteiger charge is 2.39. The molecule has 1 fully saturated rings. The number of urea groups is 1. The van der Waals surface area contributed by atoms with Gasteiger partial charge in [-0.25, -0.2) is 13.2 Å². The van der Waals surface area contributed by atoms with E-state index in [4.69, 9.17) is 0 Å². The number of amides is 2. The Labute approximate surface area is 96.9 Å². The predicted molar refractivity (Wildman–Crippen MR) is 63.0 cm³/mol. The number of carbonyl (C=O) groups is 1. The van der Waals surface area contributed by atoms with Crippen molar-refractivity contribution >= 4 is 15.9 Å². The average molecular weight is 248 g/mol. The lowest BCUT2D eigenvalue weighted by Gasteiger charge is -2.24. The smallest absolute Gasteiger partial charge is 0.315 e. The van der Waals surface area contributed by atoms with Gasteiger partial charge < -0.3 is 10.6 Å². The number of sulfone groups is 1. The molecule has 1 rings (SSSR count). The molecule has 1 saturated heterocycles. The molecule has 94 valence electrons. The van der Waals surface area contributed by atoms with Crippen LogP contribution < -0.4 is 10.6 Å². The van der Waals surface area contributed by atoms with E-state index < -0.39 is 15.4 Å². The van der Waals surface area contributed by atoms with E-state index in [9.17, 15) is 13.2 Å². The fourth-order valence-corrected chi connectivity index (χ4v) is 3.82. The van der Waals surface area contributed by atoms with Gasteiger partial charge in [-0.1, -0.05) is 13.8 Å². The summed E-state index contributed by atoms with van der Waals surface area (Å²) in [6, 6.07) is -0.284. The summed E-state index contributed by atoms with van der Waals surface area (Å²) in [6.45, 7) is 6.37. The summed E-state index contributed by atoms with van der Waals surface area (Å²) in [4.78, 5) is 11.5. The lowest BCUT2D eigenvalue weighted by molar-refractivity contribution is 0.229. The minimum atomic E-state index is -2.97. The van der Waals surface area contributed by atoms with Crippen molar-refractivity contribution in [2.75, 3.05) is 18.1 Å². The molecule has 1 heterocycles. The largest absolute Gasteiger partial charge is 0.338 e. The molecule has 6 heteroatoms. The van der Waals surface area contributed by atoms with Crippen LogP contribution in [-0.2, 0) is 9.84 Å². The van der Waals surface area contributed by atoms with Gasteiger partial charge in [0.15, 0.2) is 9.84 Å². The molecule has 0 saturated carbocycles. The SMILES string of the molecule is CC(C)CNC(=O)NC1(C)CCS(=O)(=O)C1. The van der Waals surface area contributed by atoms with Crippen molar-refractivity contribution < 1.29 is 13.2 Å². The van der Waals surface area contributed by atoms with Gasteiger partial charge in [0.2, 0.25) is 0 Å². The van der Waals surface area contributed by atoms with Crippen LogP contribution in [0.4, 0.5) is 4.79 Å². The third-order valence-corrected chi connectivity index (χ3v) is 4.49. The van der Waals surface area contributed by atoms with E-state index in [-0.39, 0.29) is 17.5 Å². The van der Waals surface area contributed by atoms with Gasteiger partial charge in [0.05, 0.1) is 17.0 Å². The molecule has 0 radical (unpaired) electrons. The van der Waals surface area contributed by atoms with Crippen LogP contribution in [0.2, 0.25) is 0 Å². The minimum Gasteiger partial charge on any atom is -0.338 e. The Morgan fingerprint density at radius 1 is 1.44 bits per heavy atom. The van der Waals surface area contributed by atoms with Gasteiger partial charge in [-0.15, -0.1) is 0 Å². The van der Waals surface area contributed by atoms with Crippen molar-refractivity contribution in [1.82, 2.24) is 10.6 Å². The number of nitrogens with one attached hydrogen (secondary N) is 2. The first kappa shape index (κ1) is 13.3. The van der Waals surface area contributed by atoms with Gasteiger partial charge in [0, 0.05) is 6.54 Å². The van der Waals surface area contributed by atoms with Crippen LogP contribution in [0.25, 0.3) is 0 Å². The molecule has 0 aromatic carbocycles. The van der Waals surface area contributed by atoms with Crippen LogP contribution in [0.1, 0.15) is 27.2 Å². The zero-order valence-corrected chi connectivity index (χ0v) is 10.9. The van der Waals surface area contributed by atoms with E-state index in [1.807, 2.05) is 13.8 Å². The second-order valence-electron chi connectivity index (χ2n) is 5.13. The molecule has 0 aliphatic carbocycles. The third kappa shape index (κ3) is 4.00. The zero-order chi connectivity index (χ0) is 12.4. The highest BCUT2D eigenvalue weighted by atomic mass is 32.2. The molecule has 0 spiro atoms. The van der Waals surface area contributed by atoms with Crippen LogP contribution in [0, 0.1) is 5.92 Å². The van der Waals surface area contributed by atoms with Gasteiger partial charge in [0.1, 0.15) is 0 Å². The summed E-state index contributed by atoms with van der Waals surface area (Å²) >= 11 is 0. The quantitative estimate of drug-likeness (QED) is 0.764. The van der Waals surface area contributed by atoms with Crippen LogP contribution in [0.3, 0.4) is 0 Å². The molecular formula is C10H20N2O3S. The second-order valence-corrected chi connectivity index (χ2v) is 7.32. The highest BCUT2D eigenvalue weighted by molar-refractivity contribution is 7.91. The molecular weight excluding hydrogens is 228 g/mol. The molecule has 0 aromatic rings. The molecule has 2 N–H and O–H groups in total. The summed E-state index contributed by atoms with van der Waals surface area (Å²) in [5.74, 6) is 0.578. The molecule has 16 heavy (non-hydrogen) atoms. The summed E-state index contributed by atoms with van der Waals surface area (Å²) in [6.07, 6.45) is 0.491. The number of carbonyl (C=O) groups excluding carboxylic acids is 1. The molecule has 0 bridgehead atoms. The Balaban J connectivity index is 2.45. The first-order valence-electron chi connectivity index (χ1n) is 5.49. The van der Waals surface area contributed by atoms with Crippen LogP contribution >= 0.6 is 0 Å². The van der Waals surface area contributed by atoms with Crippen LogP contribution in [0.15, 0.2) is 0 Å². The van der Waals surface area contributed by atoms with Crippen molar-refractivity contribution in [2.24, 2.45) is 5.92 Å². The topological polar surface area (TPSA) is 75.3 Å². The van der Waals surface area contributed by atoms with Gasteiger partial charge in [-0.2, -0.15) is 0 Å². The Bertz CT molecular complexity index is 364. The molecule has 1 aliphatic rings. The molecule has 2 amide bonds. The Hall–Kier alpha value is -0.780. The van der Waals surface area contributed by atoms with Crippen molar-refractivity contribution in [3.05, 3.63) is 0 Å². The van der Waals surface area contributed by atoms with Crippen molar-refractivity contribution in [2.45, 2.75) is 32.7 Å². The van der Waals surface area contributed by atoms with Crippen molar-refractivity contribution in [3.8, 4) is 0 Å². The van der Waals surface area contributed by atoms with E-state index in [1.54, 1.807) is 6.92 Å². The van der Waals surface area contributed by atoms with E-state index in [0.29, 0.717) is 18.9 Å². The molecule has 1 atom stereocenters. The Kier molecular flexibility index (Phi) is 3.83. The summed E-state index contributed by atoms with van der Waals surface area (Å²) in [7, 11) is -2.97. The number of hydrogen-bond acceptors (Lipinski definition) is 3. The van der Waals surface area contributed by atoms with Gasteiger partial charge in [-0.3, -0.25) is 0 Å². The van der Waals surface area contributed by atoms with Crippen LogP contribution in [-0.4, -0.2) is 38.0 Å². The average Bonchev–Trinajstić information content (AvgIpc) is 2.37. The number of hydrogen-bond donors (Lipinski definition) is 2. The van der Waals surface area contributed by atoms with Gasteiger partial charge >= 0.3 is 6.03 Å². The fraction of sp³-hybridized carbons (Fsp3) is 0.900. The normalized spacial score (nSPS) is 28.0. The lowest BCUT2D eigenvalue weighted by atomic mass is 10.0. The van der Waals surface area contributed by atoms with Gasteiger partial charge in [0.25, 0.3) is 0 Å². The molecule has 5 nitrogen and oxygen atoms in total. The maximum atomic E-state index is 11.5. The van der Waals surface area contributed by atoms with Crippen molar-refractivity contribution in [3.63, 3.8) is 0 Å². The molecule has 0 aromatic heterocycles. The van der Waals surface area contributed by atoms with Gasteiger partial charge in [-0.05, 0) is 19.3 Å². The monoisotopic (exact) mass is 248 g/mol. The molecule has 1 aliphatic heterocycles. The maximum Gasteiger partial charge on any atom is 0.315 e. The predicted octanol–water partition coefficient (Wildman–Crippen LogP) is 0.519. The third-order valence-electron chi connectivity index (χ3n) is 2.59. The maximum absolute atomic E-state index is 11.5. The highest BCUT2D eigenvalue weighted by Crippen LogP contribution is 2.22.